The van der Waals surface area contributed by atoms with Crippen molar-refractivity contribution in [2.75, 3.05) is 18.0 Å². The van der Waals surface area contributed by atoms with Gasteiger partial charge in [-0.25, -0.2) is 0 Å². The van der Waals surface area contributed by atoms with Gasteiger partial charge in [0.25, 0.3) is 0 Å². The second-order valence-corrected chi connectivity index (χ2v) is 6.77. The summed E-state index contributed by atoms with van der Waals surface area (Å²) in [5.74, 6) is 0.347. The van der Waals surface area contributed by atoms with Crippen molar-refractivity contribution >= 4 is 16.5 Å². The zero-order valence-electron chi connectivity index (χ0n) is 12.3. The molecule has 4 nitrogen and oxygen atoms in total. The highest BCUT2D eigenvalue weighted by Gasteiger charge is 2.25. The van der Waals surface area contributed by atoms with E-state index in [0.29, 0.717) is 5.92 Å². The minimum atomic E-state index is -0.246. The summed E-state index contributed by atoms with van der Waals surface area (Å²) in [4.78, 5) is 2.27. The van der Waals surface area contributed by atoms with Gasteiger partial charge in [0.15, 0.2) is 0 Å². The Hall–Kier alpha value is -1.46. The van der Waals surface area contributed by atoms with Crippen LogP contribution in [0, 0.1) is 5.92 Å². The van der Waals surface area contributed by atoms with E-state index in [-0.39, 0.29) is 6.10 Å². The fraction of sp³-hybridized carbons (Fsp3) is 0.500. The van der Waals surface area contributed by atoms with Gasteiger partial charge in [-0.05, 0) is 25.3 Å². The van der Waals surface area contributed by atoms with Crippen LogP contribution in [0.15, 0.2) is 30.3 Å². The lowest BCUT2D eigenvalue weighted by molar-refractivity contribution is 0.115. The largest absolute Gasteiger partial charge is 0.393 e. The molecule has 1 aliphatic rings. The average Bonchev–Trinajstić information content (AvgIpc) is 2.97. The summed E-state index contributed by atoms with van der Waals surface area (Å²) >= 11 is 1.67. The third kappa shape index (κ3) is 3.60. The summed E-state index contributed by atoms with van der Waals surface area (Å²) in [5.41, 5.74) is 1.26. The molecule has 5 heteroatoms. The van der Waals surface area contributed by atoms with E-state index in [2.05, 4.69) is 39.4 Å². The summed E-state index contributed by atoms with van der Waals surface area (Å²) in [5, 5.41) is 20.5. The Balaban J connectivity index is 1.67. The van der Waals surface area contributed by atoms with Crippen molar-refractivity contribution in [3.8, 4) is 0 Å². The molecule has 1 aromatic heterocycles. The average molecular weight is 303 g/mol. The predicted molar refractivity (Wildman–Crippen MR) is 85.8 cm³/mol. The van der Waals surface area contributed by atoms with Gasteiger partial charge in [0, 0.05) is 25.4 Å². The highest BCUT2D eigenvalue weighted by atomic mass is 32.1. The Bertz CT molecular complexity index is 570. The van der Waals surface area contributed by atoms with E-state index in [1.54, 1.807) is 11.3 Å². The lowest BCUT2D eigenvalue weighted by Gasteiger charge is -2.33. The Morgan fingerprint density at radius 2 is 2.14 bits per heavy atom. The molecule has 3 rings (SSSR count). The number of aliphatic hydroxyl groups excluding tert-OH is 1. The molecule has 2 aromatic rings. The van der Waals surface area contributed by atoms with Crippen molar-refractivity contribution in [1.82, 2.24) is 10.2 Å². The smallest absolute Gasteiger partial charge is 0.208 e. The van der Waals surface area contributed by atoms with Gasteiger partial charge in [-0.2, -0.15) is 0 Å². The van der Waals surface area contributed by atoms with E-state index in [9.17, 15) is 5.11 Å². The van der Waals surface area contributed by atoms with Crippen LogP contribution < -0.4 is 4.90 Å². The molecule has 1 aromatic carbocycles. The predicted octanol–water partition coefficient (Wildman–Crippen LogP) is 2.73. The summed E-state index contributed by atoms with van der Waals surface area (Å²) in [6, 6.07) is 10.4. The summed E-state index contributed by atoms with van der Waals surface area (Å²) in [6.07, 6.45) is 2.81. The zero-order valence-corrected chi connectivity index (χ0v) is 13.1. The van der Waals surface area contributed by atoms with Crippen LogP contribution >= 0.6 is 11.3 Å². The number of piperidine rings is 1. The molecule has 0 bridgehead atoms. The minimum absolute atomic E-state index is 0.246. The van der Waals surface area contributed by atoms with Crippen LogP contribution in [0.4, 0.5) is 5.13 Å². The number of rotatable bonds is 4. The van der Waals surface area contributed by atoms with E-state index in [1.807, 2.05) is 13.0 Å². The molecule has 0 unspecified atom stereocenters. The minimum Gasteiger partial charge on any atom is -0.393 e. The fourth-order valence-corrected chi connectivity index (χ4v) is 3.70. The number of hydrogen-bond donors (Lipinski definition) is 1. The molecule has 0 aliphatic carbocycles. The molecule has 0 amide bonds. The fourth-order valence-electron chi connectivity index (χ4n) is 2.79. The Morgan fingerprint density at radius 1 is 1.33 bits per heavy atom. The van der Waals surface area contributed by atoms with Crippen molar-refractivity contribution in [2.24, 2.45) is 5.92 Å². The lowest BCUT2D eigenvalue weighted by atomic mass is 9.94. The molecule has 1 aliphatic heterocycles. The lowest BCUT2D eigenvalue weighted by Crippen LogP contribution is -2.39. The first kappa shape index (κ1) is 14.5. The highest BCUT2D eigenvalue weighted by molar-refractivity contribution is 7.15. The molecule has 2 heterocycles. The molecule has 1 fully saturated rings. The number of hydrogen-bond acceptors (Lipinski definition) is 5. The van der Waals surface area contributed by atoms with E-state index >= 15 is 0 Å². The maximum atomic E-state index is 9.78. The third-order valence-corrected chi connectivity index (χ3v) is 5.05. The number of aliphatic hydroxyl groups is 1. The normalized spacial score (nSPS) is 20.5. The molecule has 21 heavy (non-hydrogen) atoms. The quantitative estimate of drug-likeness (QED) is 0.943. The molecule has 1 saturated heterocycles. The first-order valence-electron chi connectivity index (χ1n) is 7.51. The Morgan fingerprint density at radius 3 is 2.90 bits per heavy atom. The number of anilines is 1. The van der Waals surface area contributed by atoms with Crippen LogP contribution in [0.25, 0.3) is 0 Å². The van der Waals surface area contributed by atoms with Crippen molar-refractivity contribution in [3.05, 3.63) is 40.9 Å². The van der Waals surface area contributed by atoms with Crippen molar-refractivity contribution < 1.29 is 5.11 Å². The van der Waals surface area contributed by atoms with Gasteiger partial charge < -0.3 is 10.0 Å². The molecule has 0 spiro atoms. The summed E-state index contributed by atoms with van der Waals surface area (Å²) in [7, 11) is 0. The van der Waals surface area contributed by atoms with Crippen molar-refractivity contribution in [3.63, 3.8) is 0 Å². The van der Waals surface area contributed by atoms with Gasteiger partial charge in [0.05, 0.1) is 6.10 Å². The van der Waals surface area contributed by atoms with Crippen LogP contribution in [0.1, 0.15) is 30.3 Å². The Kier molecular flexibility index (Phi) is 4.51. The van der Waals surface area contributed by atoms with E-state index in [1.165, 1.54) is 5.56 Å². The molecular formula is C16H21N3OS. The van der Waals surface area contributed by atoms with Crippen molar-refractivity contribution in [2.45, 2.75) is 32.3 Å². The maximum absolute atomic E-state index is 9.78. The Labute approximate surface area is 129 Å². The molecular weight excluding hydrogens is 282 g/mol. The van der Waals surface area contributed by atoms with Gasteiger partial charge >= 0.3 is 0 Å². The standard InChI is InChI=1S/C16H21N3OS/c1-12(20)14-8-5-9-19(11-14)16-18-17-15(21-16)10-13-6-3-2-4-7-13/h2-4,6-7,12,14,20H,5,8-11H2,1H3/t12-,14-/m0/s1. The maximum Gasteiger partial charge on any atom is 0.208 e. The van der Waals surface area contributed by atoms with Gasteiger partial charge in [-0.3, -0.25) is 0 Å². The number of benzene rings is 1. The number of nitrogens with zero attached hydrogens (tertiary/aromatic N) is 3. The van der Waals surface area contributed by atoms with Crippen LogP contribution in [0.3, 0.4) is 0 Å². The zero-order chi connectivity index (χ0) is 14.7. The topological polar surface area (TPSA) is 49.2 Å². The van der Waals surface area contributed by atoms with Crippen molar-refractivity contribution in [1.29, 1.82) is 0 Å². The molecule has 112 valence electrons. The van der Waals surface area contributed by atoms with Crippen LogP contribution in [0.2, 0.25) is 0 Å². The summed E-state index contributed by atoms with van der Waals surface area (Å²) in [6.45, 7) is 3.79. The monoisotopic (exact) mass is 303 g/mol. The molecule has 2 atom stereocenters. The van der Waals surface area contributed by atoms with Gasteiger partial charge in [0.1, 0.15) is 5.01 Å². The van der Waals surface area contributed by atoms with Gasteiger partial charge in [0.2, 0.25) is 5.13 Å². The third-order valence-electron chi connectivity index (χ3n) is 4.06. The SMILES string of the molecule is C[C@H](O)[C@H]1CCCN(c2nnc(Cc3ccccc3)s2)C1. The van der Waals surface area contributed by atoms with E-state index in [0.717, 1.165) is 42.5 Å². The second-order valence-electron chi connectivity index (χ2n) is 5.73. The van der Waals surface area contributed by atoms with E-state index in [4.69, 9.17) is 0 Å². The summed E-state index contributed by atoms with van der Waals surface area (Å²) < 4.78 is 0. The molecule has 0 saturated carbocycles. The number of aromatic nitrogens is 2. The molecule has 0 radical (unpaired) electrons. The second kappa shape index (κ2) is 6.54. The first-order chi connectivity index (χ1) is 10.2. The first-order valence-corrected chi connectivity index (χ1v) is 8.33. The van der Waals surface area contributed by atoms with E-state index < -0.39 is 0 Å². The van der Waals surface area contributed by atoms with Gasteiger partial charge in [-0.15, -0.1) is 10.2 Å². The van der Waals surface area contributed by atoms with Crippen LogP contribution in [-0.4, -0.2) is 34.5 Å². The highest BCUT2D eigenvalue weighted by Crippen LogP contribution is 2.28. The van der Waals surface area contributed by atoms with Gasteiger partial charge in [-0.1, -0.05) is 41.7 Å². The van der Waals surface area contributed by atoms with Crippen LogP contribution in [0.5, 0.6) is 0 Å². The molecule has 1 N–H and O–H groups in total. The van der Waals surface area contributed by atoms with Crippen LogP contribution in [-0.2, 0) is 6.42 Å².